The molecule has 0 aromatic rings. The van der Waals surface area contributed by atoms with E-state index in [1.807, 2.05) is 20.1 Å². The predicted molar refractivity (Wildman–Crippen MR) is 151 cm³/mol. The molecule has 0 amide bonds. The lowest BCUT2D eigenvalue weighted by molar-refractivity contribution is -0.162. The Morgan fingerprint density at radius 2 is 1.75 bits per heavy atom. The molecule has 1 spiro atoms. The van der Waals surface area contributed by atoms with Crippen molar-refractivity contribution in [3.63, 3.8) is 0 Å². The van der Waals surface area contributed by atoms with E-state index in [-0.39, 0.29) is 6.10 Å². The third kappa shape index (κ3) is 3.89. The van der Waals surface area contributed by atoms with Gasteiger partial charge in [-0.25, -0.2) is 0 Å². The molecule has 0 heterocycles. The molecule has 0 saturated heterocycles. The zero-order valence-electron chi connectivity index (χ0n) is 24.7. The van der Waals surface area contributed by atoms with Gasteiger partial charge in [0, 0.05) is 18.4 Å². The first-order valence-corrected chi connectivity index (χ1v) is 18.5. The number of hydrogen-bond acceptors (Lipinski definition) is 3. The Bertz CT molecular complexity index is 890. The van der Waals surface area contributed by atoms with Crippen LogP contribution in [0, 0.1) is 51.8 Å². The van der Waals surface area contributed by atoms with Crippen LogP contribution in [-0.4, -0.2) is 27.6 Å². The molecule has 0 bridgehead atoms. The first-order valence-electron chi connectivity index (χ1n) is 15.1. The summed E-state index contributed by atoms with van der Waals surface area (Å²) in [6, 6.07) is 0. The van der Waals surface area contributed by atoms with Crippen LogP contribution in [0.5, 0.6) is 0 Å². The minimum Gasteiger partial charge on any atom is -0.520 e. The van der Waals surface area contributed by atoms with Gasteiger partial charge in [0.05, 0.1) is 6.10 Å². The van der Waals surface area contributed by atoms with Crippen molar-refractivity contribution in [3.05, 3.63) is 24.2 Å². The summed E-state index contributed by atoms with van der Waals surface area (Å²) < 4.78 is 19.3. The fraction of sp³-hybridized carbons (Fsp3) is 0.875. The van der Waals surface area contributed by atoms with E-state index in [2.05, 4.69) is 59.5 Å². The Hall–Kier alpha value is -0.743. The minimum absolute atomic E-state index is 0.0665. The van der Waals surface area contributed by atoms with Gasteiger partial charge in [-0.2, -0.15) is 0 Å². The van der Waals surface area contributed by atoms with Crippen LogP contribution < -0.4 is 0 Å². The number of fused-ring (bicyclic) bond motifs is 4. The average molecular weight is 515 g/mol. The van der Waals surface area contributed by atoms with Crippen molar-refractivity contribution in [3.8, 4) is 0 Å². The zero-order valence-corrected chi connectivity index (χ0v) is 25.7. The van der Waals surface area contributed by atoms with E-state index in [1.54, 1.807) is 0 Å². The minimum atomic E-state index is -1.72. The predicted octanol–water partition coefficient (Wildman–Crippen LogP) is 8.58. The summed E-state index contributed by atoms with van der Waals surface area (Å²) in [6.07, 6.45) is 18.2. The summed E-state index contributed by atoms with van der Waals surface area (Å²) in [7, 11) is 0.290. The molecule has 5 rings (SSSR count). The lowest BCUT2D eigenvalue weighted by Crippen LogP contribution is -2.57. The third-order valence-corrected chi connectivity index (χ3v) is 13.1. The monoisotopic (exact) mass is 514 g/mol. The number of allylic oxidation sites excluding steroid dienone is 2. The number of rotatable bonds is 8. The normalized spacial score (nSPS) is 47.5. The van der Waals surface area contributed by atoms with E-state index in [0.29, 0.717) is 34.2 Å². The summed E-state index contributed by atoms with van der Waals surface area (Å²) >= 11 is 0. The molecule has 36 heavy (non-hydrogen) atoms. The van der Waals surface area contributed by atoms with Crippen LogP contribution in [0.3, 0.4) is 0 Å². The van der Waals surface area contributed by atoms with Crippen LogP contribution >= 0.6 is 0 Å². The highest BCUT2D eigenvalue weighted by atomic mass is 28.4. The molecule has 11 atom stereocenters. The van der Waals surface area contributed by atoms with Crippen molar-refractivity contribution in [1.29, 1.82) is 0 Å². The topological polar surface area (TPSA) is 27.7 Å². The van der Waals surface area contributed by atoms with Gasteiger partial charge in [-0.1, -0.05) is 26.8 Å². The molecule has 0 unspecified atom stereocenters. The van der Waals surface area contributed by atoms with Gasteiger partial charge in [-0.3, -0.25) is 0 Å². The van der Waals surface area contributed by atoms with Crippen molar-refractivity contribution in [2.75, 3.05) is 7.11 Å². The standard InChI is InChI=1S/C32H54O3Si/c1-10-12-27(34-29(11-2)35-36(7,8)9)21(3)24-13-14-25-23-19-28(33-6)32-20-22(32)15-18-31(32,5)26(23)16-17-30(24,25)4/h10-12,21-28H,13-20H2,1-9H3/b12-10-,29-11-/t21-,22+,23-,24+,25-,26-,27-,28+,30+,31+,32-/m0/s1. The van der Waals surface area contributed by atoms with E-state index in [1.165, 1.54) is 51.4 Å². The molecule has 5 fully saturated rings. The first kappa shape index (κ1) is 26.8. The molecule has 0 aliphatic heterocycles. The molecular formula is C32H54O3Si. The smallest absolute Gasteiger partial charge is 0.261 e. The summed E-state index contributed by atoms with van der Waals surface area (Å²) in [5.74, 6) is 5.41. The fourth-order valence-corrected chi connectivity index (χ4v) is 11.6. The maximum absolute atomic E-state index is 6.61. The van der Waals surface area contributed by atoms with Gasteiger partial charge >= 0.3 is 0 Å². The van der Waals surface area contributed by atoms with Crippen LogP contribution in [0.2, 0.25) is 19.6 Å². The Morgan fingerprint density at radius 1 is 1.00 bits per heavy atom. The van der Waals surface area contributed by atoms with Gasteiger partial charge in [-0.15, -0.1) is 0 Å². The molecule has 5 saturated carbocycles. The van der Waals surface area contributed by atoms with E-state index in [9.17, 15) is 0 Å². The maximum Gasteiger partial charge on any atom is 0.261 e. The molecule has 0 N–H and O–H groups in total. The van der Waals surface area contributed by atoms with Crippen molar-refractivity contribution < 1.29 is 13.9 Å². The highest BCUT2D eigenvalue weighted by Gasteiger charge is 2.77. The molecule has 204 valence electrons. The van der Waals surface area contributed by atoms with Crippen LogP contribution in [0.1, 0.15) is 86.0 Å². The quantitative estimate of drug-likeness (QED) is 0.184. The second-order valence-corrected chi connectivity index (χ2v) is 19.2. The van der Waals surface area contributed by atoms with Crippen LogP contribution in [0.4, 0.5) is 0 Å². The van der Waals surface area contributed by atoms with Crippen molar-refractivity contribution in [2.45, 2.75) is 118 Å². The maximum atomic E-state index is 6.61. The van der Waals surface area contributed by atoms with Gasteiger partial charge in [0.1, 0.15) is 6.10 Å². The van der Waals surface area contributed by atoms with Gasteiger partial charge < -0.3 is 13.9 Å². The largest absolute Gasteiger partial charge is 0.520 e. The van der Waals surface area contributed by atoms with Crippen LogP contribution in [0.25, 0.3) is 0 Å². The second-order valence-electron chi connectivity index (χ2n) is 14.8. The Kier molecular flexibility index (Phi) is 6.84. The SMILES string of the molecule is C/C=C\[C@H](O/C(=C/C)O[Si](C)(C)C)[C@@H](C)[C@H]1CC[C@H]2[C@@H]3C[C@@H](OC)[C@]45C[C@H]4CC[C@]5(C)[C@H]3CC[C@]12C. The number of methoxy groups -OCH3 is 1. The molecular weight excluding hydrogens is 460 g/mol. The highest BCUT2D eigenvalue weighted by Crippen LogP contribution is 2.82. The molecule has 5 aliphatic carbocycles. The van der Waals surface area contributed by atoms with Gasteiger partial charge in [0.25, 0.3) is 5.95 Å². The molecule has 0 radical (unpaired) electrons. The average Bonchev–Trinajstić information content (AvgIpc) is 3.33. The van der Waals surface area contributed by atoms with Crippen LogP contribution in [-0.2, 0) is 13.9 Å². The third-order valence-electron chi connectivity index (χ3n) is 12.3. The number of hydrogen-bond donors (Lipinski definition) is 0. The van der Waals surface area contributed by atoms with E-state index >= 15 is 0 Å². The van der Waals surface area contributed by atoms with E-state index in [0.717, 1.165) is 29.6 Å². The lowest BCUT2D eigenvalue weighted by Gasteiger charge is -2.61. The molecule has 0 aromatic heterocycles. The highest BCUT2D eigenvalue weighted by molar-refractivity contribution is 6.70. The molecule has 3 nitrogen and oxygen atoms in total. The van der Waals surface area contributed by atoms with Crippen molar-refractivity contribution in [2.24, 2.45) is 51.8 Å². The summed E-state index contributed by atoms with van der Waals surface area (Å²) in [6.45, 7) is 18.6. The Balaban J connectivity index is 1.37. The van der Waals surface area contributed by atoms with Crippen molar-refractivity contribution in [1.82, 2.24) is 0 Å². The van der Waals surface area contributed by atoms with Gasteiger partial charge in [-0.05, 0) is 137 Å². The Labute approximate surface area is 222 Å². The summed E-state index contributed by atoms with van der Waals surface area (Å²) in [5.41, 5.74) is 1.43. The van der Waals surface area contributed by atoms with Gasteiger partial charge in [0.15, 0.2) is 0 Å². The fourth-order valence-electron chi connectivity index (χ4n) is 10.8. The van der Waals surface area contributed by atoms with Crippen molar-refractivity contribution >= 4 is 8.32 Å². The lowest BCUT2D eigenvalue weighted by atomic mass is 9.45. The van der Waals surface area contributed by atoms with E-state index < -0.39 is 8.32 Å². The molecule has 5 aliphatic rings. The second kappa shape index (κ2) is 9.18. The number of ether oxygens (including phenoxy) is 2. The van der Waals surface area contributed by atoms with E-state index in [4.69, 9.17) is 13.9 Å². The summed E-state index contributed by atoms with van der Waals surface area (Å²) in [5, 5.41) is 0. The zero-order chi connectivity index (χ0) is 26.1. The summed E-state index contributed by atoms with van der Waals surface area (Å²) in [4.78, 5) is 0. The first-order chi connectivity index (χ1) is 16.9. The molecule has 4 heteroatoms. The van der Waals surface area contributed by atoms with Gasteiger partial charge in [0.2, 0.25) is 8.32 Å². The molecule has 0 aromatic carbocycles. The van der Waals surface area contributed by atoms with Crippen LogP contribution in [0.15, 0.2) is 24.2 Å². The Morgan fingerprint density at radius 3 is 2.36 bits per heavy atom.